The molecule has 0 unspecified atom stereocenters. The standard InChI is InChI=1S/C14H11N3O3/c1-16-8-5-10-13(6-11(8)18)20-12-3-2-7(14(15)19)4-9(12)17-10/h2-6,16H,1H3,(H2,15,19). The zero-order valence-corrected chi connectivity index (χ0v) is 10.6. The Morgan fingerprint density at radius 1 is 1.30 bits per heavy atom. The molecule has 0 aromatic heterocycles. The molecule has 1 aliphatic carbocycles. The van der Waals surface area contributed by atoms with E-state index in [1.165, 1.54) is 6.07 Å². The first-order valence-corrected chi connectivity index (χ1v) is 5.95. The maximum absolute atomic E-state index is 11.7. The van der Waals surface area contributed by atoms with Crippen molar-refractivity contribution in [3.05, 3.63) is 46.1 Å². The number of primary amides is 1. The predicted octanol–water partition coefficient (Wildman–Crippen LogP) is 1.43. The van der Waals surface area contributed by atoms with Crippen molar-refractivity contribution >= 4 is 22.7 Å². The van der Waals surface area contributed by atoms with Crippen molar-refractivity contribution < 1.29 is 9.21 Å². The van der Waals surface area contributed by atoms with E-state index in [2.05, 4.69) is 10.3 Å². The summed E-state index contributed by atoms with van der Waals surface area (Å²) in [6.07, 6.45) is 0. The normalized spacial score (nSPS) is 10.8. The molecule has 1 heterocycles. The molecule has 0 spiro atoms. The summed E-state index contributed by atoms with van der Waals surface area (Å²) < 4.78 is 5.62. The molecule has 6 heteroatoms. The predicted molar refractivity (Wildman–Crippen MR) is 75.0 cm³/mol. The molecule has 1 aliphatic heterocycles. The number of benzene rings is 2. The van der Waals surface area contributed by atoms with Gasteiger partial charge in [0.1, 0.15) is 11.2 Å². The molecule has 20 heavy (non-hydrogen) atoms. The van der Waals surface area contributed by atoms with Crippen molar-refractivity contribution in [2.75, 3.05) is 12.4 Å². The van der Waals surface area contributed by atoms with Gasteiger partial charge in [-0.1, -0.05) is 0 Å². The van der Waals surface area contributed by atoms with Crippen LogP contribution in [0.3, 0.4) is 0 Å². The summed E-state index contributed by atoms with van der Waals surface area (Å²) in [5.74, 6) is -0.132. The number of aromatic nitrogens is 1. The number of nitrogens with two attached hydrogens (primary N) is 1. The van der Waals surface area contributed by atoms with Gasteiger partial charge >= 0.3 is 0 Å². The summed E-state index contributed by atoms with van der Waals surface area (Å²) in [5.41, 5.74) is 7.38. The van der Waals surface area contributed by atoms with Crippen molar-refractivity contribution in [1.82, 2.24) is 4.98 Å². The SMILES string of the molecule is CNc1cc2nc3cc(C(N)=O)ccc3oc-2cc1=O. The van der Waals surface area contributed by atoms with Gasteiger partial charge in [-0.3, -0.25) is 9.59 Å². The Kier molecular flexibility index (Phi) is 2.64. The largest absolute Gasteiger partial charge is 0.453 e. The van der Waals surface area contributed by atoms with Crippen LogP contribution < -0.4 is 16.5 Å². The molecule has 0 radical (unpaired) electrons. The Bertz CT molecular complexity index is 854. The molecule has 0 fully saturated rings. The van der Waals surface area contributed by atoms with Gasteiger partial charge in [0, 0.05) is 18.7 Å². The zero-order valence-electron chi connectivity index (χ0n) is 10.6. The van der Waals surface area contributed by atoms with Gasteiger partial charge in [-0.25, -0.2) is 4.98 Å². The molecule has 0 atom stereocenters. The third kappa shape index (κ3) is 1.87. The highest BCUT2D eigenvalue weighted by Crippen LogP contribution is 2.25. The number of hydrogen-bond donors (Lipinski definition) is 2. The van der Waals surface area contributed by atoms with Gasteiger partial charge < -0.3 is 15.5 Å². The van der Waals surface area contributed by atoms with E-state index in [1.54, 1.807) is 31.3 Å². The molecule has 0 saturated carbocycles. The van der Waals surface area contributed by atoms with Crippen LogP contribution in [0, 0.1) is 0 Å². The second-order valence-electron chi connectivity index (χ2n) is 4.33. The lowest BCUT2D eigenvalue weighted by Gasteiger charge is -2.08. The summed E-state index contributed by atoms with van der Waals surface area (Å²) in [5, 5.41) is 2.80. The summed E-state index contributed by atoms with van der Waals surface area (Å²) in [4.78, 5) is 27.3. The van der Waals surface area contributed by atoms with Crippen LogP contribution in [0.5, 0.6) is 0 Å². The molecule has 1 aromatic rings. The minimum Gasteiger partial charge on any atom is -0.453 e. The molecule has 1 aromatic carbocycles. The van der Waals surface area contributed by atoms with Crippen molar-refractivity contribution in [1.29, 1.82) is 0 Å². The minimum atomic E-state index is -0.528. The Hall–Kier alpha value is -2.89. The number of nitrogens with one attached hydrogen (secondary N) is 1. The summed E-state index contributed by atoms with van der Waals surface area (Å²) >= 11 is 0. The monoisotopic (exact) mass is 269 g/mol. The molecule has 100 valence electrons. The second kappa shape index (κ2) is 4.34. The number of anilines is 1. The highest BCUT2D eigenvalue weighted by atomic mass is 16.3. The molecule has 2 aliphatic rings. The smallest absolute Gasteiger partial charge is 0.248 e. The van der Waals surface area contributed by atoms with E-state index in [0.29, 0.717) is 33.8 Å². The van der Waals surface area contributed by atoms with Crippen molar-refractivity contribution in [2.45, 2.75) is 0 Å². The van der Waals surface area contributed by atoms with E-state index < -0.39 is 5.91 Å². The van der Waals surface area contributed by atoms with Crippen molar-refractivity contribution in [2.24, 2.45) is 5.73 Å². The Morgan fingerprint density at radius 3 is 2.80 bits per heavy atom. The third-order valence-corrected chi connectivity index (χ3v) is 3.03. The van der Waals surface area contributed by atoms with Crippen LogP contribution in [0.1, 0.15) is 10.4 Å². The average molecular weight is 269 g/mol. The van der Waals surface area contributed by atoms with Gasteiger partial charge in [0.15, 0.2) is 11.3 Å². The lowest BCUT2D eigenvalue weighted by atomic mass is 10.1. The topological polar surface area (TPSA) is 98.2 Å². The fourth-order valence-electron chi connectivity index (χ4n) is 2.01. The number of amides is 1. The van der Waals surface area contributed by atoms with Crippen LogP contribution >= 0.6 is 0 Å². The Balaban J connectivity index is 2.33. The van der Waals surface area contributed by atoms with Crippen LogP contribution in [0.25, 0.3) is 22.6 Å². The molecule has 0 saturated heterocycles. The molecular formula is C14H11N3O3. The Morgan fingerprint density at radius 2 is 2.10 bits per heavy atom. The number of carbonyl (C=O) groups is 1. The second-order valence-corrected chi connectivity index (χ2v) is 4.33. The van der Waals surface area contributed by atoms with Crippen molar-refractivity contribution in [3.63, 3.8) is 0 Å². The summed E-state index contributed by atoms with van der Waals surface area (Å²) in [6.45, 7) is 0. The molecule has 0 bridgehead atoms. The number of carbonyl (C=O) groups excluding carboxylic acids is 1. The van der Waals surface area contributed by atoms with E-state index in [0.717, 1.165) is 0 Å². The number of hydrogen-bond acceptors (Lipinski definition) is 5. The fraction of sp³-hybridized carbons (Fsp3) is 0.0714. The first-order valence-electron chi connectivity index (χ1n) is 5.95. The first-order chi connectivity index (χ1) is 9.58. The lowest BCUT2D eigenvalue weighted by molar-refractivity contribution is 0.100. The van der Waals surface area contributed by atoms with Gasteiger partial charge in [-0.05, 0) is 24.3 Å². The molecule has 1 amide bonds. The van der Waals surface area contributed by atoms with E-state index in [9.17, 15) is 9.59 Å². The fourth-order valence-corrected chi connectivity index (χ4v) is 2.01. The molecule has 6 nitrogen and oxygen atoms in total. The molecule has 3 rings (SSSR count). The van der Waals surface area contributed by atoms with Gasteiger partial charge in [0.25, 0.3) is 0 Å². The van der Waals surface area contributed by atoms with E-state index in [-0.39, 0.29) is 5.43 Å². The number of fused-ring (bicyclic) bond motifs is 2. The average Bonchev–Trinajstić information content (AvgIpc) is 2.43. The number of nitrogens with zero attached hydrogens (tertiary/aromatic N) is 1. The van der Waals surface area contributed by atoms with Crippen molar-refractivity contribution in [3.8, 4) is 11.5 Å². The van der Waals surface area contributed by atoms with Crippen LogP contribution in [0.4, 0.5) is 5.69 Å². The molecule has 3 N–H and O–H groups in total. The van der Waals surface area contributed by atoms with Crippen LogP contribution in [-0.2, 0) is 0 Å². The van der Waals surface area contributed by atoms with Gasteiger partial charge in [-0.15, -0.1) is 0 Å². The van der Waals surface area contributed by atoms with Gasteiger partial charge in [0.2, 0.25) is 11.3 Å². The summed E-state index contributed by atoms with van der Waals surface area (Å²) in [7, 11) is 1.66. The third-order valence-electron chi connectivity index (χ3n) is 3.03. The maximum Gasteiger partial charge on any atom is 0.248 e. The minimum absolute atomic E-state index is 0.168. The van der Waals surface area contributed by atoms with Crippen LogP contribution in [0.2, 0.25) is 0 Å². The highest BCUT2D eigenvalue weighted by molar-refractivity contribution is 5.96. The van der Waals surface area contributed by atoms with E-state index >= 15 is 0 Å². The first kappa shape index (κ1) is 12.2. The number of rotatable bonds is 2. The van der Waals surface area contributed by atoms with Crippen LogP contribution in [0.15, 0.2) is 39.5 Å². The van der Waals surface area contributed by atoms with Crippen LogP contribution in [-0.4, -0.2) is 17.9 Å². The Labute approximate surface area is 113 Å². The van der Waals surface area contributed by atoms with Gasteiger partial charge in [-0.2, -0.15) is 0 Å². The maximum atomic E-state index is 11.7. The van der Waals surface area contributed by atoms with E-state index in [1.807, 2.05) is 0 Å². The highest BCUT2D eigenvalue weighted by Gasteiger charge is 2.13. The molecular weight excluding hydrogens is 258 g/mol. The van der Waals surface area contributed by atoms with Gasteiger partial charge in [0.05, 0.1) is 5.69 Å². The summed E-state index contributed by atoms with van der Waals surface area (Å²) in [6, 6.07) is 7.72. The zero-order chi connectivity index (χ0) is 14.3. The quantitative estimate of drug-likeness (QED) is 0.686. The lowest BCUT2D eigenvalue weighted by Crippen LogP contribution is -2.11. The van der Waals surface area contributed by atoms with E-state index in [4.69, 9.17) is 10.2 Å².